The summed E-state index contributed by atoms with van der Waals surface area (Å²) in [5.41, 5.74) is 3.60. The lowest BCUT2D eigenvalue weighted by Crippen LogP contribution is -2.34. The molecule has 0 bridgehead atoms. The van der Waals surface area contributed by atoms with E-state index in [0.717, 1.165) is 18.7 Å². The number of ether oxygens (including phenoxy) is 1. The second-order valence-electron chi connectivity index (χ2n) is 6.80. The number of rotatable bonds is 10. The van der Waals surface area contributed by atoms with Gasteiger partial charge >= 0.3 is 0 Å². The maximum absolute atomic E-state index is 10.5. The van der Waals surface area contributed by atoms with Gasteiger partial charge in [-0.2, -0.15) is 0 Å². The first kappa shape index (κ1) is 19.3. The molecule has 0 amide bonds. The summed E-state index contributed by atoms with van der Waals surface area (Å²) in [6.07, 6.45) is -0.527. The first-order valence-corrected chi connectivity index (χ1v) is 9.39. The van der Waals surface area contributed by atoms with Gasteiger partial charge in [0.15, 0.2) is 0 Å². The van der Waals surface area contributed by atoms with Crippen molar-refractivity contribution in [2.75, 3.05) is 13.2 Å². The summed E-state index contributed by atoms with van der Waals surface area (Å²) in [5.74, 6) is 0. The van der Waals surface area contributed by atoms with Crippen molar-refractivity contribution in [3.8, 4) is 0 Å². The second-order valence-corrected chi connectivity index (χ2v) is 6.80. The van der Waals surface area contributed by atoms with Crippen molar-refractivity contribution in [2.45, 2.75) is 25.8 Å². The van der Waals surface area contributed by atoms with Crippen LogP contribution in [0.15, 0.2) is 91.0 Å². The van der Waals surface area contributed by atoms with E-state index in [1.54, 1.807) is 0 Å². The Hall–Kier alpha value is -2.46. The molecular formula is C24H27NO2. The van der Waals surface area contributed by atoms with Gasteiger partial charge in [0.25, 0.3) is 0 Å². The normalized spacial score (nSPS) is 12.2. The minimum absolute atomic E-state index is 0.328. The standard InChI is InChI=1S/C24H27NO2/c26-24(20-27-19-23-14-8-3-9-15-23)18-25(16-21-10-4-1-5-11-21)17-22-12-6-2-7-13-22/h1-15,24,26H,16-20H2/t24-/m0/s1. The summed E-state index contributed by atoms with van der Waals surface area (Å²) in [4.78, 5) is 2.27. The van der Waals surface area contributed by atoms with Crippen molar-refractivity contribution in [2.24, 2.45) is 0 Å². The molecule has 27 heavy (non-hydrogen) atoms. The number of hydrogen-bond donors (Lipinski definition) is 1. The Morgan fingerprint density at radius 2 is 1.11 bits per heavy atom. The summed E-state index contributed by atoms with van der Waals surface area (Å²) < 4.78 is 5.71. The zero-order valence-corrected chi connectivity index (χ0v) is 15.6. The van der Waals surface area contributed by atoms with Crippen LogP contribution in [-0.4, -0.2) is 29.3 Å². The fourth-order valence-corrected chi connectivity index (χ4v) is 3.11. The summed E-state index contributed by atoms with van der Waals surface area (Å²) in [6, 6.07) is 30.8. The van der Waals surface area contributed by atoms with Crippen molar-refractivity contribution in [3.63, 3.8) is 0 Å². The van der Waals surface area contributed by atoms with E-state index >= 15 is 0 Å². The predicted octanol–water partition coefficient (Wildman–Crippen LogP) is 4.27. The lowest BCUT2D eigenvalue weighted by molar-refractivity contribution is 0.00713. The highest BCUT2D eigenvalue weighted by Gasteiger charge is 2.13. The van der Waals surface area contributed by atoms with Crippen LogP contribution in [0.3, 0.4) is 0 Å². The summed E-state index contributed by atoms with van der Waals surface area (Å²) in [7, 11) is 0. The molecule has 0 unspecified atom stereocenters. The van der Waals surface area contributed by atoms with E-state index in [0.29, 0.717) is 19.8 Å². The minimum atomic E-state index is -0.527. The van der Waals surface area contributed by atoms with Crippen molar-refractivity contribution in [1.29, 1.82) is 0 Å². The lowest BCUT2D eigenvalue weighted by Gasteiger charge is -2.25. The molecule has 0 saturated carbocycles. The van der Waals surface area contributed by atoms with Gasteiger partial charge in [-0.25, -0.2) is 0 Å². The average molecular weight is 361 g/mol. The summed E-state index contributed by atoms with van der Waals surface area (Å²) in [6.45, 7) is 3.01. The SMILES string of the molecule is O[C@H](COCc1ccccc1)CN(Cc1ccccc1)Cc1ccccc1. The van der Waals surface area contributed by atoms with Gasteiger partial charge in [0.05, 0.1) is 19.3 Å². The predicted molar refractivity (Wildman–Crippen MR) is 109 cm³/mol. The Morgan fingerprint density at radius 3 is 1.59 bits per heavy atom. The molecule has 0 spiro atoms. The minimum Gasteiger partial charge on any atom is -0.389 e. The van der Waals surface area contributed by atoms with E-state index in [9.17, 15) is 5.11 Å². The Bertz CT molecular complexity index is 721. The number of hydrogen-bond acceptors (Lipinski definition) is 3. The maximum atomic E-state index is 10.5. The van der Waals surface area contributed by atoms with Crippen LogP contribution in [0, 0.1) is 0 Å². The fourth-order valence-electron chi connectivity index (χ4n) is 3.11. The molecule has 3 aromatic rings. The molecule has 0 aromatic heterocycles. The third-order valence-electron chi connectivity index (χ3n) is 4.39. The van der Waals surface area contributed by atoms with E-state index < -0.39 is 6.10 Å². The van der Waals surface area contributed by atoms with Gasteiger partial charge in [-0.3, -0.25) is 4.90 Å². The molecule has 3 heteroatoms. The smallest absolute Gasteiger partial charge is 0.0900 e. The molecule has 0 saturated heterocycles. The van der Waals surface area contributed by atoms with Crippen molar-refractivity contribution >= 4 is 0 Å². The Morgan fingerprint density at radius 1 is 0.667 bits per heavy atom. The first-order chi connectivity index (χ1) is 13.3. The van der Waals surface area contributed by atoms with Gasteiger partial charge in [0, 0.05) is 19.6 Å². The van der Waals surface area contributed by atoms with E-state index in [2.05, 4.69) is 53.4 Å². The Balaban J connectivity index is 1.54. The van der Waals surface area contributed by atoms with Crippen LogP contribution in [0.2, 0.25) is 0 Å². The van der Waals surface area contributed by atoms with Gasteiger partial charge in [0.2, 0.25) is 0 Å². The van der Waals surface area contributed by atoms with Gasteiger partial charge in [-0.05, 0) is 16.7 Å². The molecule has 0 heterocycles. The van der Waals surface area contributed by atoms with Crippen molar-refractivity contribution in [3.05, 3.63) is 108 Å². The molecule has 0 aliphatic carbocycles. The lowest BCUT2D eigenvalue weighted by atomic mass is 10.1. The highest BCUT2D eigenvalue weighted by atomic mass is 16.5. The zero-order valence-electron chi connectivity index (χ0n) is 15.6. The van der Waals surface area contributed by atoms with E-state index in [1.165, 1.54) is 11.1 Å². The molecule has 1 atom stereocenters. The van der Waals surface area contributed by atoms with Crippen LogP contribution < -0.4 is 0 Å². The van der Waals surface area contributed by atoms with E-state index in [4.69, 9.17) is 4.74 Å². The fraction of sp³-hybridized carbons (Fsp3) is 0.250. The molecule has 0 aliphatic heterocycles. The Labute approximate surface area is 161 Å². The Kier molecular flexibility index (Phi) is 7.60. The van der Waals surface area contributed by atoms with Crippen LogP contribution in [0.1, 0.15) is 16.7 Å². The van der Waals surface area contributed by atoms with Gasteiger partial charge in [0.1, 0.15) is 0 Å². The second kappa shape index (κ2) is 10.6. The van der Waals surface area contributed by atoms with E-state index in [1.807, 2.05) is 42.5 Å². The topological polar surface area (TPSA) is 32.7 Å². The molecule has 3 aromatic carbocycles. The quantitative estimate of drug-likeness (QED) is 0.585. The molecule has 0 fully saturated rings. The third-order valence-corrected chi connectivity index (χ3v) is 4.39. The van der Waals surface area contributed by atoms with Crippen LogP contribution >= 0.6 is 0 Å². The van der Waals surface area contributed by atoms with Gasteiger partial charge in [-0.15, -0.1) is 0 Å². The van der Waals surface area contributed by atoms with Crippen LogP contribution in [0.4, 0.5) is 0 Å². The molecule has 3 nitrogen and oxygen atoms in total. The summed E-state index contributed by atoms with van der Waals surface area (Å²) in [5, 5.41) is 10.5. The molecule has 3 rings (SSSR count). The summed E-state index contributed by atoms with van der Waals surface area (Å²) >= 11 is 0. The first-order valence-electron chi connectivity index (χ1n) is 9.39. The zero-order chi connectivity index (χ0) is 18.7. The van der Waals surface area contributed by atoms with E-state index in [-0.39, 0.29) is 0 Å². The molecular weight excluding hydrogens is 334 g/mol. The van der Waals surface area contributed by atoms with Gasteiger partial charge < -0.3 is 9.84 Å². The average Bonchev–Trinajstić information content (AvgIpc) is 2.70. The molecule has 1 N–H and O–H groups in total. The van der Waals surface area contributed by atoms with Crippen molar-refractivity contribution in [1.82, 2.24) is 4.90 Å². The van der Waals surface area contributed by atoms with Crippen LogP contribution in [-0.2, 0) is 24.4 Å². The monoisotopic (exact) mass is 361 g/mol. The molecule has 140 valence electrons. The highest BCUT2D eigenvalue weighted by Crippen LogP contribution is 2.11. The number of aliphatic hydroxyl groups is 1. The molecule has 0 radical (unpaired) electrons. The van der Waals surface area contributed by atoms with Gasteiger partial charge in [-0.1, -0.05) is 91.0 Å². The maximum Gasteiger partial charge on any atom is 0.0900 e. The molecule has 0 aliphatic rings. The highest BCUT2D eigenvalue weighted by molar-refractivity contribution is 5.17. The van der Waals surface area contributed by atoms with Crippen LogP contribution in [0.25, 0.3) is 0 Å². The van der Waals surface area contributed by atoms with Crippen molar-refractivity contribution < 1.29 is 9.84 Å². The largest absolute Gasteiger partial charge is 0.389 e. The van der Waals surface area contributed by atoms with Crippen LogP contribution in [0.5, 0.6) is 0 Å². The number of nitrogens with zero attached hydrogens (tertiary/aromatic N) is 1. The third kappa shape index (κ3) is 6.99. The number of aliphatic hydroxyl groups excluding tert-OH is 1. The number of benzene rings is 3.